The van der Waals surface area contributed by atoms with Gasteiger partial charge >= 0.3 is 0 Å². The number of nitrogens with zero attached hydrogens (tertiary/aromatic N) is 3. The minimum Gasteiger partial charge on any atom is -0.389 e. The van der Waals surface area contributed by atoms with Crippen LogP contribution in [-0.4, -0.2) is 22.3 Å². The van der Waals surface area contributed by atoms with Crippen LogP contribution in [0.3, 0.4) is 0 Å². The van der Waals surface area contributed by atoms with Crippen molar-refractivity contribution in [2.24, 2.45) is 0 Å². The maximum Gasteiger partial charge on any atom is 0.254 e. The summed E-state index contributed by atoms with van der Waals surface area (Å²) in [6.07, 6.45) is 1.94. The molecule has 0 spiro atoms. The van der Waals surface area contributed by atoms with Gasteiger partial charge in [0.1, 0.15) is 28.5 Å². The van der Waals surface area contributed by atoms with E-state index < -0.39 is 11.6 Å². The van der Waals surface area contributed by atoms with Gasteiger partial charge in [0.05, 0.1) is 21.3 Å². The van der Waals surface area contributed by atoms with Gasteiger partial charge in [0.15, 0.2) is 0 Å². The molecule has 4 aromatic rings. The van der Waals surface area contributed by atoms with Crippen LogP contribution >= 0.6 is 22.9 Å². The number of nitrogen functional groups attached to an aromatic ring is 2. The molecule has 176 valence electrons. The van der Waals surface area contributed by atoms with Crippen molar-refractivity contribution < 1.29 is 13.6 Å². The van der Waals surface area contributed by atoms with Crippen molar-refractivity contribution >= 4 is 49.7 Å². The number of hydrogen-bond donors (Lipinski definition) is 2. The fourth-order valence-electron chi connectivity index (χ4n) is 4.66. The Balaban J connectivity index is 1.64. The van der Waals surface area contributed by atoms with Crippen LogP contribution in [0, 0.1) is 23.0 Å². The van der Waals surface area contributed by atoms with E-state index in [-0.39, 0.29) is 54.3 Å². The molecular weight excluding hydrogens is 492 g/mol. The number of nitriles is 1. The van der Waals surface area contributed by atoms with Gasteiger partial charge in [0, 0.05) is 34.8 Å². The smallest absolute Gasteiger partial charge is 0.254 e. The van der Waals surface area contributed by atoms with E-state index in [2.05, 4.69) is 4.98 Å². The van der Waals surface area contributed by atoms with Gasteiger partial charge in [-0.05, 0) is 42.7 Å². The van der Waals surface area contributed by atoms with Gasteiger partial charge in [-0.1, -0.05) is 23.7 Å². The number of hydrogen-bond acceptors (Lipinski definition) is 6. The van der Waals surface area contributed by atoms with Crippen LogP contribution in [0.5, 0.6) is 0 Å². The van der Waals surface area contributed by atoms with E-state index in [0.717, 1.165) is 17.4 Å². The zero-order valence-corrected chi connectivity index (χ0v) is 20.0. The zero-order valence-electron chi connectivity index (χ0n) is 18.4. The zero-order chi connectivity index (χ0) is 25.0. The number of amides is 1. The molecule has 4 N–H and O–H groups in total. The van der Waals surface area contributed by atoms with Crippen LogP contribution in [0.2, 0.25) is 5.02 Å². The Hall–Kier alpha value is -3.74. The van der Waals surface area contributed by atoms with Crippen LogP contribution < -0.4 is 11.5 Å². The van der Waals surface area contributed by atoms with Crippen molar-refractivity contribution in [2.45, 2.75) is 19.4 Å². The van der Waals surface area contributed by atoms with Crippen LogP contribution in [0.1, 0.15) is 40.0 Å². The highest BCUT2D eigenvalue weighted by Gasteiger charge is 2.33. The number of benzene rings is 2. The molecule has 2 aromatic heterocycles. The third kappa shape index (κ3) is 3.49. The number of fused-ring (bicyclic) bond motifs is 2. The van der Waals surface area contributed by atoms with Crippen molar-refractivity contribution in [3.05, 3.63) is 75.4 Å². The van der Waals surface area contributed by atoms with Crippen molar-refractivity contribution in [1.82, 2.24) is 9.88 Å². The fourth-order valence-corrected chi connectivity index (χ4v) is 6.00. The number of pyridine rings is 1. The maximum absolute atomic E-state index is 15.6. The highest BCUT2D eigenvalue weighted by Crippen LogP contribution is 2.45. The SMILES string of the molecule is C[C@@H](c1cccnc1N)N1CCc2c(cc(F)c(-c3ccc(F)c4sc(N)c(C#N)c34)c2Cl)C1=O. The summed E-state index contributed by atoms with van der Waals surface area (Å²) in [5.74, 6) is -1.37. The van der Waals surface area contributed by atoms with E-state index in [1.54, 1.807) is 23.2 Å². The summed E-state index contributed by atoms with van der Waals surface area (Å²) in [6, 6.07) is 8.86. The molecular formula is C25H18ClF2N5OS. The molecule has 3 heterocycles. The van der Waals surface area contributed by atoms with Gasteiger partial charge in [0.25, 0.3) is 5.91 Å². The summed E-state index contributed by atoms with van der Waals surface area (Å²) in [5, 5.41) is 10.00. The molecule has 1 amide bonds. The number of carbonyl (C=O) groups is 1. The lowest BCUT2D eigenvalue weighted by Crippen LogP contribution is -2.40. The highest BCUT2D eigenvalue weighted by atomic mass is 35.5. The Kier molecular flexibility index (Phi) is 5.58. The molecule has 0 saturated carbocycles. The molecule has 1 atom stereocenters. The van der Waals surface area contributed by atoms with E-state index in [1.807, 2.05) is 13.0 Å². The van der Waals surface area contributed by atoms with Crippen molar-refractivity contribution in [3.63, 3.8) is 0 Å². The summed E-state index contributed by atoms with van der Waals surface area (Å²) in [5.41, 5.74) is 13.6. The Bertz CT molecular complexity index is 1580. The van der Waals surface area contributed by atoms with Crippen LogP contribution in [0.25, 0.3) is 21.2 Å². The van der Waals surface area contributed by atoms with Crippen molar-refractivity contribution in [2.75, 3.05) is 18.0 Å². The second-order valence-electron chi connectivity index (χ2n) is 8.23. The van der Waals surface area contributed by atoms with E-state index in [0.29, 0.717) is 29.9 Å². The first-order chi connectivity index (χ1) is 16.7. The Morgan fingerprint density at radius 3 is 2.71 bits per heavy atom. The summed E-state index contributed by atoms with van der Waals surface area (Å²) in [6.45, 7) is 2.17. The van der Waals surface area contributed by atoms with Crippen molar-refractivity contribution in [1.29, 1.82) is 5.26 Å². The molecule has 0 fully saturated rings. The molecule has 1 aliphatic heterocycles. The number of aromatic nitrogens is 1. The molecule has 0 saturated heterocycles. The molecule has 0 radical (unpaired) electrons. The Labute approximate surface area is 208 Å². The maximum atomic E-state index is 15.6. The standard InChI is InChI=1S/C25H18ClF2N5OS/c1-11(12-3-2-7-32-23(12)30)33-8-6-13-15(25(33)34)9-18(28)20(21(13)26)14-4-5-17(27)22-19(14)16(10-29)24(31)35-22/h2-5,7,9,11H,6,8,31H2,1H3,(H2,30,32)/t11-/m0/s1. The first-order valence-corrected chi connectivity index (χ1v) is 11.9. The second-order valence-corrected chi connectivity index (χ2v) is 9.66. The lowest BCUT2D eigenvalue weighted by molar-refractivity contribution is 0.0672. The van der Waals surface area contributed by atoms with Crippen LogP contribution in [-0.2, 0) is 6.42 Å². The molecule has 0 unspecified atom stereocenters. The largest absolute Gasteiger partial charge is 0.389 e. The van der Waals surface area contributed by atoms with E-state index in [1.165, 1.54) is 12.1 Å². The topological polar surface area (TPSA) is 109 Å². The predicted molar refractivity (Wildman–Crippen MR) is 133 cm³/mol. The predicted octanol–water partition coefficient (Wildman–Crippen LogP) is 5.69. The normalized spacial score (nSPS) is 14.1. The average molecular weight is 510 g/mol. The fraction of sp³-hybridized carbons (Fsp3) is 0.160. The molecule has 5 rings (SSSR count). The minimum absolute atomic E-state index is 0.00974. The quantitative estimate of drug-likeness (QED) is 0.368. The lowest BCUT2D eigenvalue weighted by atomic mass is 9.90. The van der Waals surface area contributed by atoms with Gasteiger partial charge in [-0.25, -0.2) is 13.8 Å². The van der Waals surface area contributed by atoms with Gasteiger partial charge in [-0.2, -0.15) is 5.26 Å². The molecule has 10 heteroatoms. The Morgan fingerprint density at radius 1 is 1.23 bits per heavy atom. The first-order valence-electron chi connectivity index (χ1n) is 10.7. The lowest BCUT2D eigenvalue weighted by Gasteiger charge is -2.35. The van der Waals surface area contributed by atoms with Crippen LogP contribution in [0.15, 0.2) is 36.5 Å². The summed E-state index contributed by atoms with van der Waals surface area (Å²) in [7, 11) is 0. The number of halogens is 3. The molecule has 2 aromatic carbocycles. The molecule has 1 aliphatic rings. The number of rotatable bonds is 3. The molecule has 0 bridgehead atoms. The third-order valence-electron chi connectivity index (χ3n) is 6.40. The van der Waals surface area contributed by atoms with Gasteiger partial charge in [-0.15, -0.1) is 11.3 Å². The highest BCUT2D eigenvalue weighted by molar-refractivity contribution is 7.23. The molecule has 6 nitrogen and oxygen atoms in total. The number of carbonyl (C=O) groups excluding carboxylic acids is 1. The number of nitrogens with two attached hydrogens (primary N) is 2. The van der Waals surface area contributed by atoms with E-state index in [4.69, 9.17) is 23.1 Å². The second kappa shape index (κ2) is 8.48. The average Bonchev–Trinajstić information content (AvgIpc) is 3.18. The first kappa shape index (κ1) is 23.0. The molecule has 0 aliphatic carbocycles. The third-order valence-corrected chi connectivity index (χ3v) is 7.85. The summed E-state index contributed by atoms with van der Waals surface area (Å²) < 4.78 is 30.2. The van der Waals surface area contributed by atoms with E-state index in [9.17, 15) is 14.4 Å². The van der Waals surface area contributed by atoms with Crippen LogP contribution in [0.4, 0.5) is 19.6 Å². The van der Waals surface area contributed by atoms with Gasteiger partial charge < -0.3 is 16.4 Å². The number of thiophene rings is 1. The van der Waals surface area contributed by atoms with Gasteiger partial charge in [-0.3, -0.25) is 4.79 Å². The summed E-state index contributed by atoms with van der Waals surface area (Å²) >= 11 is 7.62. The monoisotopic (exact) mass is 509 g/mol. The number of anilines is 2. The Morgan fingerprint density at radius 2 is 2.00 bits per heavy atom. The van der Waals surface area contributed by atoms with Crippen molar-refractivity contribution in [3.8, 4) is 17.2 Å². The van der Waals surface area contributed by atoms with E-state index >= 15 is 4.39 Å². The molecule has 35 heavy (non-hydrogen) atoms. The summed E-state index contributed by atoms with van der Waals surface area (Å²) in [4.78, 5) is 19.1. The van der Waals surface area contributed by atoms with Gasteiger partial charge in [0.2, 0.25) is 0 Å². The minimum atomic E-state index is -0.751.